The molecule has 3 aromatic rings. The van der Waals surface area contributed by atoms with E-state index in [9.17, 15) is 9.59 Å². The molecule has 1 amide bonds. The van der Waals surface area contributed by atoms with Crippen LogP contribution < -0.4 is 10.1 Å². The van der Waals surface area contributed by atoms with Gasteiger partial charge in [-0.25, -0.2) is 4.79 Å². The summed E-state index contributed by atoms with van der Waals surface area (Å²) in [4.78, 5) is 23.9. The summed E-state index contributed by atoms with van der Waals surface area (Å²) in [7, 11) is 3.47. The molecule has 30 heavy (non-hydrogen) atoms. The highest BCUT2D eigenvalue weighted by molar-refractivity contribution is 7.99. The Bertz CT molecular complexity index is 1020. The van der Waals surface area contributed by atoms with Gasteiger partial charge in [-0.2, -0.15) is 0 Å². The predicted octanol–water partition coefficient (Wildman–Crippen LogP) is 3.40. The van der Waals surface area contributed by atoms with Crippen molar-refractivity contribution in [3.05, 3.63) is 54.1 Å². The van der Waals surface area contributed by atoms with E-state index in [1.807, 2.05) is 35.9 Å². The average molecular weight is 426 g/mol. The number of rotatable bonds is 8. The maximum absolute atomic E-state index is 12.3. The van der Waals surface area contributed by atoms with Crippen LogP contribution in [0.25, 0.3) is 11.4 Å². The molecule has 3 rings (SSSR count). The van der Waals surface area contributed by atoms with Crippen LogP contribution in [0.2, 0.25) is 0 Å². The monoisotopic (exact) mass is 426 g/mol. The van der Waals surface area contributed by atoms with Crippen LogP contribution in [0.5, 0.6) is 5.75 Å². The first kappa shape index (κ1) is 21.4. The van der Waals surface area contributed by atoms with Crippen molar-refractivity contribution >= 4 is 29.3 Å². The molecule has 0 atom stereocenters. The fraction of sp³-hybridized carbons (Fsp3) is 0.238. The molecule has 0 spiro atoms. The first-order valence-electron chi connectivity index (χ1n) is 9.25. The van der Waals surface area contributed by atoms with E-state index < -0.39 is 0 Å². The van der Waals surface area contributed by atoms with Gasteiger partial charge in [-0.05, 0) is 55.5 Å². The number of hydrogen-bond acceptors (Lipinski definition) is 7. The highest BCUT2D eigenvalue weighted by atomic mass is 32.2. The number of methoxy groups -OCH3 is 1. The van der Waals surface area contributed by atoms with Crippen LogP contribution in [-0.4, -0.2) is 46.1 Å². The van der Waals surface area contributed by atoms with Gasteiger partial charge in [-0.15, -0.1) is 10.2 Å². The third-order valence-corrected chi connectivity index (χ3v) is 5.22. The molecule has 8 nitrogen and oxygen atoms in total. The molecule has 0 saturated carbocycles. The fourth-order valence-corrected chi connectivity index (χ4v) is 3.37. The van der Waals surface area contributed by atoms with Crippen LogP contribution in [0, 0.1) is 0 Å². The van der Waals surface area contributed by atoms with Gasteiger partial charge in [-0.1, -0.05) is 11.8 Å². The van der Waals surface area contributed by atoms with E-state index in [1.54, 1.807) is 38.3 Å². The third kappa shape index (κ3) is 5.18. The maximum atomic E-state index is 12.3. The van der Waals surface area contributed by atoms with Crippen molar-refractivity contribution in [2.75, 3.05) is 24.8 Å². The number of benzene rings is 2. The van der Waals surface area contributed by atoms with Crippen molar-refractivity contribution in [2.24, 2.45) is 7.05 Å². The molecule has 1 aromatic heterocycles. The molecule has 0 bridgehead atoms. The molecule has 2 aromatic carbocycles. The Hall–Kier alpha value is -3.33. The molecule has 9 heteroatoms. The van der Waals surface area contributed by atoms with Crippen molar-refractivity contribution in [1.29, 1.82) is 0 Å². The minimum absolute atomic E-state index is 0.175. The summed E-state index contributed by atoms with van der Waals surface area (Å²) in [5, 5.41) is 11.8. The average Bonchev–Trinajstić information content (AvgIpc) is 3.13. The van der Waals surface area contributed by atoms with E-state index >= 15 is 0 Å². The lowest BCUT2D eigenvalue weighted by Gasteiger charge is -2.07. The highest BCUT2D eigenvalue weighted by Gasteiger charge is 2.13. The molecule has 1 N–H and O–H groups in total. The normalized spacial score (nSPS) is 10.5. The summed E-state index contributed by atoms with van der Waals surface area (Å²) in [6.45, 7) is 2.07. The van der Waals surface area contributed by atoms with Crippen LogP contribution in [0.15, 0.2) is 53.7 Å². The summed E-state index contributed by atoms with van der Waals surface area (Å²) in [5.74, 6) is 1.07. The van der Waals surface area contributed by atoms with Gasteiger partial charge in [0, 0.05) is 18.3 Å². The zero-order valence-corrected chi connectivity index (χ0v) is 17.7. The molecular weight excluding hydrogens is 404 g/mol. The number of anilines is 1. The van der Waals surface area contributed by atoms with Crippen LogP contribution >= 0.6 is 11.8 Å². The van der Waals surface area contributed by atoms with Crippen LogP contribution in [0.4, 0.5) is 5.69 Å². The second-order valence-electron chi connectivity index (χ2n) is 6.23. The number of nitrogens with one attached hydrogen (secondary N) is 1. The Morgan fingerprint density at radius 3 is 2.40 bits per heavy atom. The first-order chi connectivity index (χ1) is 14.5. The van der Waals surface area contributed by atoms with E-state index in [0.29, 0.717) is 28.8 Å². The largest absolute Gasteiger partial charge is 0.497 e. The number of hydrogen-bond donors (Lipinski definition) is 1. The Kier molecular flexibility index (Phi) is 7.08. The quantitative estimate of drug-likeness (QED) is 0.436. The van der Waals surface area contributed by atoms with Crippen molar-refractivity contribution in [2.45, 2.75) is 12.1 Å². The van der Waals surface area contributed by atoms with Gasteiger partial charge in [0.1, 0.15) is 5.75 Å². The van der Waals surface area contributed by atoms with Gasteiger partial charge in [0.05, 0.1) is 25.0 Å². The van der Waals surface area contributed by atoms with Gasteiger partial charge in [0.15, 0.2) is 11.0 Å². The molecule has 1 heterocycles. The number of esters is 1. The number of aromatic nitrogens is 3. The van der Waals surface area contributed by atoms with Gasteiger partial charge in [0.25, 0.3) is 0 Å². The van der Waals surface area contributed by atoms with Gasteiger partial charge in [-0.3, -0.25) is 4.79 Å². The van der Waals surface area contributed by atoms with Crippen molar-refractivity contribution in [1.82, 2.24) is 14.8 Å². The standard InChI is InChI=1S/C21H22N4O4S/c1-4-29-20(27)15-5-9-16(10-6-15)22-18(26)13-30-21-24-23-19(25(21)2)14-7-11-17(28-3)12-8-14/h5-12H,4,13H2,1-3H3,(H,22,26). The lowest BCUT2D eigenvalue weighted by Crippen LogP contribution is -2.14. The minimum Gasteiger partial charge on any atom is -0.497 e. The third-order valence-electron chi connectivity index (χ3n) is 4.20. The SMILES string of the molecule is CCOC(=O)c1ccc(NC(=O)CSc2nnc(-c3ccc(OC)cc3)n2C)cc1. The van der Waals surface area contributed by atoms with Crippen LogP contribution in [-0.2, 0) is 16.6 Å². The second kappa shape index (κ2) is 9.93. The maximum Gasteiger partial charge on any atom is 0.338 e. The lowest BCUT2D eigenvalue weighted by atomic mass is 10.2. The summed E-state index contributed by atoms with van der Waals surface area (Å²) in [5.41, 5.74) is 1.95. The first-order valence-corrected chi connectivity index (χ1v) is 10.2. The van der Waals surface area contributed by atoms with Gasteiger partial charge >= 0.3 is 5.97 Å². The van der Waals surface area contributed by atoms with E-state index in [2.05, 4.69) is 15.5 Å². The summed E-state index contributed by atoms with van der Waals surface area (Å²) in [6, 6.07) is 14.1. The number of carbonyl (C=O) groups is 2. The zero-order chi connectivity index (χ0) is 21.5. The van der Waals surface area contributed by atoms with Gasteiger partial charge < -0.3 is 19.4 Å². The molecule has 0 aliphatic rings. The topological polar surface area (TPSA) is 95.3 Å². The Morgan fingerprint density at radius 1 is 1.07 bits per heavy atom. The number of amides is 1. The number of ether oxygens (including phenoxy) is 2. The number of carbonyl (C=O) groups excluding carboxylic acids is 2. The highest BCUT2D eigenvalue weighted by Crippen LogP contribution is 2.24. The molecule has 156 valence electrons. The van der Waals surface area contributed by atoms with E-state index in [1.165, 1.54) is 11.8 Å². The van der Waals surface area contributed by atoms with Gasteiger partial charge in [0.2, 0.25) is 5.91 Å². The second-order valence-corrected chi connectivity index (χ2v) is 7.17. The molecule has 0 fully saturated rings. The van der Waals surface area contributed by atoms with Crippen molar-refractivity contribution < 1.29 is 19.1 Å². The van der Waals surface area contributed by atoms with E-state index in [-0.39, 0.29) is 17.6 Å². The molecule has 0 aliphatic heterocycles. The summed E-state index contributed by atoms with van der Waals surface area (Å²) >= 11 is 1.29. The zero-order valence-electron chi connectivity index (χ0n) is 16.9. The number of thioether (sulfide) groups is 1. The number of nitrogens with zero attached hydrogens (tertiary/aromatic N) is 3. The molecule has 0 aliphatic carbocycles. The Balaban J connectivity index is 1.57. The van der Waals surface area contributed by atoms with E-state index in [4.69, 9.17) is 9.47 Å². The fourth-order valence-electron chi connectivity index (χ4n) is 2.66. The molecule has 0 saturated heterocycles. The molecule has 0 unspecified atom stereocenters. The van der Waals surface area contributed by atoms with Crippen LogP contribution in [0.1, 0.15) is 17.3 Å². The van der Waals surface area contributed by atoms with Crippen molar-refractivity contribution in [3.8, 4) is 17.1 Å². The lowest BCUT2D eigenvalue weighted by molar-refractivity contribution is -0.113. The van der Waals surface area contributed by atoms with E-state index in [0.717, 1.165) is 11.3 Å². The van der Waals surface area contributed by atoms with Crippen LogP contribution in [0.3, 0.4) is 0 Å². The summed E-state index contributed by atoms with van der Waals surface area (Å²) in [6.07, 6.45) is 0. The molecule has 0 radical (unpaired) electrons. The Morgan fingerprint density at radius 2 is 1.77 bits per heavy atom. The van der Waals surface area contributed by atoms with Crippen molar-refractivity contribution in [3.63, 3.8) is 0 Å². The Labute approximate surface area is 178 Å². The minimum atomic E-state index is -0.388. The molecular formula is C21H22N4O4S. The summed E-state index contributed by atoms with van der Waals surface area (Å²) < 4.78 is 12.0. The smallest absolute Gasteiger partial charge is 0.338 e. The predicted molar refractivity (Wildman–Crippen MR) is 115 cm³/mol.